The van der Waals surface area contributed by atoms with E-state index in [4.69, 9.17) is 5.73 Å². The van der Waals surface area contributed by atoms with Gasteiger partial charge in [0.15, 0.2) is 9.84 Å². The van der Waals surface area contributed by atoms with Gasteiger partial charge in [-0.1, -0.05) is 0 Å². The summed E-state index contributed by atoms with van der Waals surface area (Å²) in [6.45, 7) is 0.593. The number of hydrogen-bond donors (Lipinski definition) is 1. The summed E-state index contributed by atoms with van der Waals surface area (Å²) < 4.78 is 23.0. The molecule has 16 heavy (non-hydrogen) atoms. The number of thiazole rings is 1. The average molecular weight is 260 g/mol. The molecule has 0 aliphatic carbocycles. The fraction of sp³-hybridized carbons (Fsp3) is 0.700. The van der Waals surface area contributed by atoms with Crippen LogP contribution in [0.4, 0.5) is 0 Å². The van der Waals surface area contributed by atoms with Crippen LogP contribution in [0, 0.1) is 0 Å². The quantitative estimate of drug-likeness (QED) is 0.877. The summed E-state index contributed by atoms with van der Waals surface area (Å²) in [4.78, 5) is 4.46. The Morgan fingerprint density at radius 2 is 2.38 bits per heavy atom. The van der Waals surface area contributed by atoms with Crippen molar-refractivity contribution in [1.29, 1.82) is 0 Å². The third-order valence-electron chi connectivity index (χ3n) is 2.81. The second kappa shape index (κ2) is 4.81. The first-order valence-corrected chi connectivity index (χ1v) is 8.15. The van der Waals surface area contributed by atoms with Crippen molar-refractivity contribution in [3.63, 3.8) is 0 Å². The van der Waals surface area contributed by atoms with Gasteiger partial charge in [0, 0.05) is 17.7 Å². The van der Waals surface area contributed by atoms with E-state index in [0.717, 1.165) is 30.0 Å². The van der Waals surface area contributed by atoms with E-state index in [1.165, 1.54) is 0 Å². The lowest BCUT2D eigenvalue weighted by atomic mass is 10.0. The monoisotopic (exact) mass is 260 g/mol. The molecule has 1 aliphatic rings. The number of nitrogens with two attached hydrogens (primary N) is 1. The summed E-state index contributed by atoms with van der Waals surface area (Å²) in [6, 6.07) is 0. The number of aromatic nitrogens is 1. The van der Waals surface area contributed by atoms with Gasteiger partial charge in [-0.25, -0.2) is 13.4 Å². The molecule has 0 spiro atoms. The van der Waals surface area contributed by atoms with E-state index >= 15 is 0 Å². The topological polar surface area (TPSA) is 73.0 Å². The highest BCUT2D eigenvalue weighted by Gasteiger charge is 2.27. The molecule has 1 aromatic heterocycles. The normalized spacial score (nSPS) is 24.4. The first-order chi connectivity index (χ1) is 7.61. The van der Waals surface area contributed by atoms with E-state index in [1.807, 2.05) is 5.38 Å². The van der Waals surface area contributed by atoms with Crippen molar-refractivity contribution in [2.45, 2.75) is 25.2 Å². The lowest BCUT2D eigenvalue weighted by Gasteiger charge is -2.19. The Labute approximate surface area is 99.8 Å². The molecule has 0 radical (unpaired) electrons. The third kappa shape index (κ3) is 2.81. The van der Waals surface area contributed by atoms with Crippen LogP contribution in [0.3, 0.4) is 0 Å². The predicted molar refractivity (Wildman–Crippen MR) is 65.5 cm³/mol. The first-order valence-electron chi connectivity index (χ1n) is 5.45. The zero-order valence-corrected chi connectivity index (χ0v) is 10.7. The second-order valence-corrected chi connectivity index (χ2v) is 7.33. The Kier molecular flexibility index (Phi) is 3.61. The van der Waals surface area contributed by atoms with Crippen molar-refractivity contribution in [2.75, 3.05) is 18.1 Å². The van der Waals surface area contributed by atoms with Crippen LogP contribution in [0.5, 0.6) is 0 Å². The van der Waals surface area contributed by atoms with Crippen LogP contribution in [0.25, 0.3) is 0 Å². The van der Waals surface area contributed by atoms with Crippen LogP contribution in [-0.4, -0.2) is 31.5 Å². The standard InChI is InChI=1S/C10H16N2O2S2/c11-4-3-10-12-9(6-15-10)8-2-1-5-16(13,14)7-8/h6,8H,1-5,7,11H2. The van der Waals surface area contributed by atoms with Crippen molar-refractivity contribution in [3.8, 4) is 0 Å². The van der Waals surface area contributed by atoms with Crippen molar-refractivity contribution in [1.82, 2.24) is 4.98 Å². The Morgan fingerprint density at radius 1 is 1.56 bits per heavy atom. The molecule has 1 aliphatic heterocycles. The fourth-order valence-corrected chi connectivity index (χ4v) is 4.63. The largest absolute Gasteiger partial charge is 0.330 e. The Bertz CT molecular complexity index is 453. The lowest BCUT2D eigenvalue weighted by molar-refractivity contribution is 0.550. The minimum absolute atomic E-state index is 0.0986. The van der Waals surface area contributed by atoms with E-state index < -0.39 is 9.84 Å². The molecule has 2 heterocycles. The van der Waals surface area contributed by atoms with Crippen LogP contribution in [0.1, 0.15) is 29.5 Å². The molecule has 1 fully saturated rings. The number of nitrogens with zero attached hydrogens (tertiary/aromatic N) is 1. The fourth-order valence-electron chi connectivity index (χ4n) is 2.01. The van der Waals surface area contributed by atoms with E-state index in [1.54, 1.807) is 11.3 Å². The molecule has 1 aromatic rings. The van der Waals surface area contributed by atoms with Gasteiger partial charge < -0.3 is 5.73 Å². The molecular formula is C10H16N2O2S2. The van der Waals surface area contributed by atoms with E-state index in [2.05, 4.69) is 4.98 Å². The number of rotatable bonds is 3. The first kappa shape index (κ1) is 12.0. The molecule has 0 amide bonds. The molecule has 1 saturated heterocycles. The molecular weight excluding hydrogens is 244 g/mol. The Morgan fingerprint density at radius 3 is 3.06 bits per heavy atom. The maximum Gasteiger partial charge on any atom is 0.150 e. The smallest absolute Gasteiger partial charge is 0.150 e. The van der Waals surface area contributed by atoms with Crippen LogP contribution in [0.2, 0.25) is 0 Å². The van der Waals surface area contributed by atoms with Crippen molar-refractivity contribution in [2.24, 2.45) is 5.73 Å². The summed E-state index contributed by atoms with van der Waals surface area (Å²) in [5.74, 6) is 0.698. The average Bonchev–Trinajstić information content (AvgIpc) is 2.65. The summed E-state index contributed by atoms with van der Waals surface area (Å²) in [6.07, 6.45) is 2.48. The zero-order valence-electron chi connectivity index (χ0n) is 9.05. The SMILES string of the molecule is NCCc1nc(C2CCCS(=O)(=O)C2)cs1. The minimum Gasteiger partial charge on any atom is -0.330 e. The van der Waals surface area contributed by atoms with Crippen LogP contribution in [0.15, 0.2) is 5.38 Å². The second-order valence-electron chi connectivity index (χ2n) is 4.16. The summed E-state index contributed by atoms with van der Waals surface area (Å²) in [7, 11) is -2.84. The molecule has 1 atom stereocenters. The van der Waals surface area contributed by atoms with Gasteiger partial charge in [-0.3, -0.25) is 0 Å². The van der Waals surface area contributed by atoms with Gasteiger partial charge in [-0.05, 0) is 19.4 Å². The minimum atomic E-state index is -2.84. The highest BCUT2D eigenvalue weighted by Crippen LogP contribution is 2.29. The highest BCUT2D eigenvalue weighted by atomic mass is 32.2. The van der Waals surface area contributed by atoms with Gasteiger partial charge >= 0.3 is 0 Å². The lowest BCUT2D eigenvalue weighted by Crippen LogP contribution is -2.23. The molecule has 6 heteroatoms. The molecule has 0 bridgehead atoms. The van der Waals surface area contributed by atoms with Crippen LogP contribution < -0.4 is 5.73 Å². The predicted octanol–water partition coefficient (Wildman–Crippen LogP) is 0.937. The summed E-state index contributed by atoms with van der Waals surface area (Å²) in [5.41, 5.74) is 6.40. The Balaban J connectivity index is 2.11. The van der Waals surface area contributed by atoms with Crippen LogP contribution in [-0.2, 0) is 16.3 Å². The number of sulfone groups is 1. The van der Waals surface area contributed by atoms with Gasteiger partial charge in [0.2, 0.25) is 0 Å². The van der Waals surface area contributed by atoms with Gasteiger partial charge in [0.1, 0.15) is 0 Å². The van der Waals surface area contributed by atoms with Gasteiger partial charge in [0.25, 0.3) is 0 Å². The van der Waals surface area contributed by atoms with Crippen molar-refractivity contribution >= 4 is 21.2 Å². The Hall–Kier alpha value is -0.460. The van der Waals surface area contributed by atoms with Gasteiger partial charge in [-0.2, -0.15) is 0 Å². The summed E-state index contributed by atoms with van der Waals surface area (Å²) in [5, 5.41) is 3.00. The summed E-state index contributed by atoms with van der Waals surface area (Å²) >= 11 is 1.58. The molecule has 90 valence electrons. The third-order valence-corrected chi connectivity index (χ3v) is 5.56. The van der Waals surface area contributed by atoms with E-state index in [-0.39, 0.29) is 11.7 Å². The highest BCUT2D eigenvalue weighted by molar-refractivity contribution is 7.91. The molecule has 4 nitrogen and oxygen atoms in total. The number of hydrogen-bond acceptors (Lipinski definition) is 5. The van der Waals surface area contributed by atoms with Crippen LogP contribution >= 0.6 is 11.3 Å². The van der Waals surface area contributed by atoms with E-state index in [9.17, 15) is 8.42 Å². The molecule has 0 saturated carbocycles. The van der Waals surface area contributed by atoms with Crippen molar-refractivity contribution in [3.05, 3.63) is 16.1 Å². The molecule has 2 rings (SSSR count). The molecule has 0 aromatic carbocycles. The van der Waals surface area contributed by atoms with Gasteiger partial charge in [-0.15, -0.1) is 11.3 Å². The molecule has 2 N–H and O–H groups in total. The maximum absolute atomic E-state index is 11.5. The van der Waals surface area contributed by atoms with E-state index in [0.29, 0.717) is 12.3 Å². The maximum atomic E-state index is 11.5. The molecule has 1 unspecified atom stereocenters. The zero-order chi connectivity index (χ0) is 11.6. The van der Waals surface area contributed by atoms with Gasteiger partial charge in [0.05, 0.1) is 22.2 Å². The van der Waals surface area contributed by atoms with Crippen molar-refractivity contribution < 1.29 is 8.42 Å².